The van der Waals surface area contributed by atoms with E-state index in [1.54, 1.807) is 0 Å². The van der Waals surface area contributed by atoms with Crippen molar-refractivity contribution >= 4 is 0 Å². The number of halogens is 5. The number of hydrogen-bond acceptors (Lipinski definition) is 1. The van der Waals surface area contributed by atoms with Gasteiger partial charge in [0.25, 0.3) is 0 Å². The molecule has 2 N–H and O–H groups in total. The summed E-state index contributed by atoms with van der Waals surface area (Å²) in [5.74, 6) is -2.91. The van der Waals surface area contributed by atoms with Gasteiger partial charge in [-0.05, 0) is 31.7 Å². The molecular formula is C13H14F5N. The molecule has 2 rings (SSSR count). The van der Waals surface area contributed by atoms with Crippen LogP contribution < -0.4 is 5.73 Å². The Hall–Kier alpha value is -1.17. The molecule has 0 aromatic heterocycles. The highest BCUT2D eigenvalue weighted by Gasteiger charge is 2.45. The lowest BCUT2D eigenvalue weighted by atomic mass is 9.73. The quantitative estimate of drug-likeness (QED) is 0.776. The van der Waals surface area contributed by atoms with Crippen LogP contribution in [0.4, 0.5) is 22.0 Å². The molecule has 0 bridgehead atoms. The molecule has 1 nitrogen and oxygen atoms in total. The maximum atomic E-state index is 13.7. The van der Waals surface area contributed by atoms with E-state index in [0.29, 0.717) is 6.07 Å². The van der Waals surface area contributed by atoms with Crippen LogP contribution in [-0.2, 0) is 5.54 Å². The average Bonchev–Trinajstić information content (AvgIpc) is 2.27. The fourth-order valence-corrected chi connectivity index (χ4v) is 2.62. The smallest absolute Gasteiger partial charge is 0.321 e. The molecule has 1 aliphatic carbocycles. The fourth-order valence-electron chi connectivity index (χ4n) is 2.62. The van der Waals surface area contributed by atoms with Gasteiger partial charge in [-0.2, -0.15) is 13.2 Å². The Bertz CT molecular complexity index is 461. The summed E-state index contributed by atoms with van der Waals surface area (Å²) in [4.78, 5) is 0. The predicted molar refractivity (Wildman–Crippen MR) is 60.2 cm³/mol. The Morgan fingerprint density at radius 1 is 1.11 bits per heavy atom. The minimum atomic E-state index is -4.23. The van der Waals surface area contributed by atoms with E-state index in [1.165, 1.54) is 6.07 Å². The monoisotopic (exact) mass is 279 g/mol. The van der Waals surface area contributed by atoms with Crippen molar-refractivity contribution < 1.29 is 22.0 Å². The van der Waals surface area contributed by atoms with Gasteiger partial charge in [0, 0.05) is 17.2 Å². The first-order valence-electron chi connectivity index (χ1n) is 6.03. The molecule has 1 fully saturated rings. The van der Waals surface area contributed by atoms with E-state index in [1.807, 2.05) is 0 Å². The lowest BCUT2D eigenvalue weighted by molar-refractivity contribution is -0.184. The topological polar surface area (TPSA) is 26.0 Å². The molecule has 0 saturated heterocycles. The summed E-state index contributed by atoms with van der Waals surface area (Å²) >= 11 is 0. The van der Waals surface area contributed by atoms with Gasteiger partial charge in [-0.3, -0.25) is 0 Å². The second kappa shape index (κ2) is 4.74. The molecule has 0 aliphatic heterocycles. The van der Waals surface area contributed by atoms with Crippen molar-refractivity contribution in [3.63, 3.8) is 0 Å². The SMILES string of the molecule is NC1(c2ccc(F)cc2F)CCC(C(F)(F)F)CC1. The number of alkyl halides is 3. The summed E-state index contributed by atoms with van der Waals surface area (Å²) in [6, 6.07) is 3.00. The largest absolute Gasteiger partial charge is 0.391 e. The van der Waals surface area contributed by atoms with Crippen LogP contribution in [0.15, 0.2) is 18.2 Å². The van der Waals surface area contributed by atoms with E-state index < -0.39 is 29.3 Å². The van der Waals surface area contributed by atoms with E-state index in [9.17, 15) is 22.0 Å². The number of hydrogen-bond donors (Lipinski definition) is 1. The van der Waals surface area contributed by atoms with Crippen molar-refractivity contribution in [1.82, 2.24) is 0 Å². The molecule has 1 aromatic rings. The van der Waals surface area contributed by atoms with Crippen molar-refractivity contribution in [3.8, 4) is 0 Å². The third-order valence-corrected chi connectivity index (χ3v) is 3.81. The molecule has 0 spiro atoms. The maximum absolute atomic E-state index is 13.7. The van der Waals surface area contributed by atoms with Crippen molar-refractivity contribution in [2.24, 2.45) is 11.7 Å². The molecule has 106 valence electrons. The van der Waals surface area contributed by atoms with Crippen molar-refractivity contribution in [3.05, 3.63) is 35.4 Å². The maximum Gasteiger partial charge on any atom is 0.391 e. The Kier molecular flexibility index (Phi) is 3.55. The molecule has 0 radical (unpaired) electrons. The first kappa shape index (κ1) is 14.2. The number of rotatable bonds is 1. The molecule has 0 heterocycles. The van der Waals surface area contributed by atoms with E-state index in [2.05, 4.69) is 0 Å². The van der Waals surface area contributed by atoms with E-state index in [0.717, 1.165) is 6.07 Å². The molecule has 0 amide bonds. The summed E-state index contributed by atoms with van der Waals surface area (Å²) in [7, 11) is 0. The van der Waals surface area contributed by atoms with Gasteiger partial charge >= 0.3 is 6.18 Å². The van der Waals surface area contributed by atoms with Crippen LogP contribution in [0, 0.1) is 17.6 Å². The van der Waals surface area contributed by atoms with Gasteiger partial charge in [-0.25, -0.2) is 8.78 Å². The minimum Gasteiger partial charge on any atom is -0.321 e. The molecular weight excluding hydrogens is 265 g/mol. The standard InChI is InChI=1S/C13H14F5N/c14-9-1-2-10(11(15)7-9)12(19)5-3-8(4-6-12)13(16,17)18/h1-2,7-8H,3-6,19H2. The summed E-state index contributed by atoms with van der Waals surface area (Å²) < 4.78 is 64.2. The summed E-state index contributed by atoms with van der Waals surface area (Å²) in [6.07, 6.45) is -4.41. The molecule has 1 aromatic carbocycles. The zero-order valence-electron chi connectivity index (χ0n) is 10.1. The highest BCUT2D eigenvalue weighted by molar-refractivity contribution is 5.27. The predicted octanol–water partition coefficient (Wildman–Crippen LogP) is 3.87. The molecule has 1 aliphatic rings. The van der Waals surface area contributed by atoms with Crippen LogP contribution in [0.25, 0.3) is 0 Å². The molecule has 0 unspecified atom stereocenters. The van der Waals surface area contributed by atoms with Crippen LogP contribution in [0.3, 0.4) is 0 Å². The first-order chi connectivity index (χ1) is 8.72. The van der Waals surface area contributed by atoms with E-state index in [-0.39, 0.29) is 31.2 Å². The molecule has 19 heavy (non-hydrogen) atoms. The summed E-state index contributed by atoms with van der Waals surface area (Å²) in [5.41, 5.74) is 4.96. The Balaban J connectivity index is 2.18. The van der Waals surface area contributed by atoms with E-state index in [4.69, 9.17) is 5.73 Å². The first-order valence-corrected chi connectivity index (χ1v) is 6.03. The second-order valence-electron chi connectivity index (χ2n) is 5.10. The summed E-state index contributed by atoms with van der Waals surface area (Å²) in [5, 5.41) is 0. The normalized spacial score (nSPS) is 28.4. The van der Waals surface area contributed by atoms with Gasteiger partial charge in [-0.15, -0.1) is 0 Å². The molecule has 6 heteroatoms. The highest BCUT2D eigenvalue weighted by Crippen LogP contribution is 2.44. The van der Waals surface area contributed by atoms with Crippen LogP contribution in [0.5, 0.6) is 0 Å². The van der Waals surface area contributed by atoms with Crippen molar-refractivity contribution in [2.75, 3.05) is 0 Å². The highest BCUT2D eigenvalue weighted by atomic mass is 19.4. The van der Waals surface area contributed by atoms with Crippen LogP contribution >= 0.6 is 0 Å². The summed E-state index contributed by atoms with van der Waals surface area (Å²) in [6.45, 7) is 0. The van der Waals surface area contributed by atoms with Crippen LogP contribution in [0.2, 0.25) is 0 Å². The van der Waals surface area contributed by atoms with Gasteiger partial charge in [0.15, 0.2) is 0 Å². The molecule has 0 atom stereocenters. The van der Waals surface area contributed by atoms with Gasteiger partial charge in [0.2, 0.25) is 0 Å². The lowest BCUT2D eigenvalue weighted by Gasteiger charge is -2.38. The Morgan fingerprint density at radius 2 is 1.68 bits per heavy atom. The third-order valence-electron chi connectivity index (χ3n) is 3.81. The number of nitrogens with two attached hydrogens (primary N) is 1. The minimum absolute atomic E-state index is 0.0414. The van der Waals surface area contributed by atoms with Gasteiger partial charge in [-0.1, -0.05) is 6.07 Å². The zero-order valence-corrected chi connectivity index (χ0v) is 10.1. The van der Waals surface area contributed by atoms with Gasteiger partial charge in [0.1, 0.15) is 11.6 Å². The van der Waals surface area contributed by atoms with Gasteiger partial charge < -0.3 is 5.73 Å². The average molecular weight is 279 g/mol. The van der Waals surface area contributed by atoms with Gasteiger partial charge in [0.05, 0.1) is 5.92 Å². The second-order valence-corrected chi connectivity index (χ2v) is 5.10. The Labute approximate surface area is 107 Å². The van der Waals surface area contributed by atoms with Crippen molar-refractivity contribution in [1.29, 1.82) is 0 Å². The Morgan fingerprint density at radius 3 is 2.16 bits per heavy atom. The number of benzene rings is 1. The fraction of sp³-hybridized carbons (Fsp3) is 0.538. The molecule has 1 saturated carbocycles. The van der Waals surface area contributed by atoms with Crippen molar-refractivity contribution in [2.45, 2.75) is 37.4 Å². The van der Waals surface area contributed by atoms with Crippen LogP contribution in [-0.4, -0.2) is 6.18 Å². The zero-order chi connectivity index (χ0) is 14.3. The van der Waals surface area contributed by atoms with Crippen LogP contribution in [0.1, 0.15) is 31.2 Å². The van der Waals surface area contributed by atoms with E-state index >= 15 is 0 Å². The lowest BCUT2D eigenvalue weighted by Crippen LogP contribution is -2.43. The third kappa shape index (κ3) is 2.88.